The highest BCUT2D eigenvalue weighted by molar-refractivity contribution is 8.26. The normalized spacial score (nSPS) is 11.5. The van der Waals surface area contributed by atoms with Crippen molar-refractivity contribution in [3.8, 4) is 0 Å². The van der Waals surface area contributed by atoms with Crippen LogP contribution in [-0.2, 0) is 18.0 Å². The summed E-state index contributed by atoms with van der Waals surface area (Å²) in [4.78, 5) is 24.5. The Morgan fingerprint density at radius 2 is 1.05 bits per heavy atom. The van der Waals surface area contributed by atoms with Crippen LogP contribution in [0.15, 0.2) is 70.5 Å². The van der Waals surface area contributed by atoms with E-state index in [4.69, 9.17) is 8.37 Å². The molecule has 0 heterocycles. The van der Waals surface area contributed by atoms with E-state index in [0.29, 0.717) is 9.79 Å². The van der Waals surface area contributed by atoms with Crippen molar-refractivity contribution in [3.63, 3.8) is 0 Å². The van der Waals surface area contributed by atoms with Gasteiger partial charge in [-0.1, -0.05) is 47.0 Å². The van der Waals surface area contributed by atoms with E-state index in [-0.39, 0.29) is 0 Å². The molecule has 0 aromatic heterocycles. The van der Waals surface area contributed by atoms with Gasteiger partial charge in [0.2, 0.25) is 0 Å². The first-order chi connectivity index (χ1) is 10.0. The van der Waals surface area contributed by atoms with E-state index in [9.17, 15) is 9.59 Å². The molecule has 110 valence electrons. The Hall–Kier alpha value is -2.27. The number of hydrogen-bond donors (Lipinski definition) is 0. The Morgan fingerprint density at radius 1 is 0.714 bits per heavy atom. The zero-order chi connectivity index (χ0) is 15.3. The van der Waals surface area contributed by atoms with Crippen molar-refractivity contribution in [1.29, 1.82) is 0 Å². The van der Waals surface area contributed by atoms with Gasteiger partial charge in [-0.15, -0.1) is 0 Å². The molecular weight excluding hydrogens is 288 g/mol. The van der Waals surface area contributed by atoms with Gasteiger partial charge in [-0.25, -0.2) is 0 Å². The zero-order valence-electron chi connectivity index (χ0n) is 11.8. The summed E-state index contributed by atoms with van der Waals surface area (Å²) < 4.78 is 11.0. The average Bonchev–Trinajstić information content (AvgIpc) is 2.47. The van der Waals surface area contributed by atoms with Gasteiger partial charge < -0.3 is 8.37 Å². The summed E-state index contributed by atoms with van der Waals surface area (Å²) in [5, 5.41) is 0. The van der Waals surface area contributed by atoms with Crippen LogP contribution in [0.2, 0.25) is 0 Å². The van der Waals surface area contributed by atoms with Crippen LogP contribution < -0.4 is 0 Å². The lowest BCUT2D eigenvalue weighted by Crippen LogP contribution is -2.16. The minimum Gasteiger partial charge on any atom is -0.336 e. The van der Waals surface area contributed by atoms with Gasteiger partial charge in [0.25, 0.3) is 0 Å². The summed E-state index contributed by atoms with van der Waals surface area (Å²) in [7, 11) is -2.65. The third-order valence-corrected chi connectivity index (χ3v) is 5.30. The monoisotopic (exact) mass is 304 g/mol. The number of carbonyl (C=O) groups excluding carboxylic acids is 2. The van der Waals surface area contributed by atoms with Crippen molar-refractivity contribution in [1.82, 2.24) is 0 Å². The van der Waals surface area contributed by atoms with Gasteiger partial charge in [0.05, 0.1) is 9.79 Å². The summed E-state index contributed by atoms with van der Waals surface area (Å²) in [6.07, 6.45) is 0. The molecule has 0 fully saturated rings. The van der Waals surface area contributed by atoms with Crippen LogP contribution in [0.3, 0.4) is 0 Å². The fraction of sp³-hybridized carbons (Fsp3) is 0.125. The fourth-order valence-electron chi connectivity index (χ4n) is 1.88. The predicted molar refractivity (Wildman–Crippen MR) is 80.5 cm³/mol. The van der Waals surface area contributed by atoms with E-state index >= 15 is 0 Å². The number of rotatable bonds is 4. The second-order valence-corrected chi connectivity index (χ2v) is 6.56. The number of carbonyl (C=O) groups is 2. The maximum absolute atomic E-state index is 11.6. The molecule has 0 unspecified atom stereocenters. The first-order valence-electron chi connectivity index (χ1n) is 6.38. The largest absolute Gasteiger partial charge is 0.336 e. The molecule has 0 aliphatic rings. The van der Waals surface area contributed by atoms with Crippen LogP contribution in [0.25, 0.3) is 0 Å². The molecule has 2 rings (SSSR count). The zero-order valence-corrected chi connectivity index (χ0v) is 12.6. The first-order valence-corrected chi connectivity index (χ1v) is 7.86. The van der Waals surface area contributed by atoms with Crippen molar-refractivity contribution < 1.29 is 18.0 Å². The lowest BCUT2D eigenvalue weighted by molar-refractivity contribution is -0.134. The van der Waals surface area contributed by atoms with E-state index < -0.39 is 22.5 Å². The Morgan fingerprint density at radius 3 is 1.33 bits per heavy atom. The first kappa shape index (κ1) is 15.1. The minimum atomic E-state index is -2.65. The van der Waals surface area contributed by atoms with Crippen LogP contribution in [0, 0.1) is 0 Å². The third-order valence-electron chi connectivity index (χ3n) is 2.58. The van der Waals surface area contributed by atoms with E-state index in [1.807, 2.05) is 36.4 Å². The lowest BCUT2D eigenvalue weighted by atomic mass is 10.4. The molecule has 2 aromatic carbocycles. The highest BCUT2D eigenvalue weighted by atomic mass is 32.3. The Balaban J connectivity index is 2.64. The van der Waals surface area contributed by atoms with E-state index in [2.05, 4.69) is 0 Å². The predicted octanol–water partition coefficient (Wildman–Crippen LogP) is 3.87. The second-order valence-electron chi connectivity index (χ2n) is 4.28. The van der Waals surface area contributed by atoms with E-state index in [1.165, 1.54) is 13.8 Å². The van der Waals surface area contributed by atoms with E-state index in [1.54, 1.807) is 24.3 Å². The molecule has 0 aliphatic heterocycles. The van der Waals surface area contributed by atoms with Gasteiger partial charge in [-0.3, -0.25) is 9.59 Å². The standard InChI is InChI=1S/C16H16O4S/c1-13(17)19-21(20-14(2)18,15-9-5-3-6-10-15)16-11-7-4-8-12-16/h3-12H,1-2H3. The Kier molecular flexibility index (Phi) is 4.65. The fourth-order valence-corrected chi connectivity index (χ4v) is 4.26. The molecule has 0 N–H and O–H groups in total. The minimum absolute atomic E-state index is 0.501. The van der Waals surface area contributed by atoms with Crippen LogP contribution in [0.1, 0.15) is 13.8 Å². The van der Waals surface area contributed by atoms with Crippen molar-refractivity contribution >= 4 is 22.5 Å². The van der Waals surface area contributed by atoms with Gasteiger partial charge in [-0.05, 0) is 24.3 Å². The molecular formula is C16H16O4S. The van der Waals surface area contributed by atoms with Gasteiger partial charge in [-0.2, -0.15) is 0 Å². The average molecular weight is 304 g/mol. The molecule has 0 aliphatic carbocycles. The van der Waals surface area contributed by atoms with Crippen molar-refractivity contribution in [3.05, 3.63) is 60.7 Å². The Labute approximate surface area is 125 Å². The molecule has 21 heavy (non-hydrogen) atoms. The maximum Gasteiger partial charge on any atom is 0.327 e. The molecule has 0 bridgehead atoms. The molecule has 4 nitrogen and oxygen atoms in total. The Bertz CT molecular complexity index is 568. The van der Waals surface area contributed by atoms with Crippen molar-refractivity contribution in [2.75, 3.05) is 0 Å². The van der Waals surface area contributed by atoms with E-state index in [0.717, 1.165) is 0 Å². The molecule has 0 atom stereocenters. The van der Waals surface area contributed by atoms with Crippen molar-refractivity contribution in [2.45, 2.75) is 23.6 Å². The molecule has 0 saturated heterocycles. The molecule has 5 heteroatoms. The van der Waals surface area contributed by atoms with Gasteiger partial charge >= 0.3 is 11.9 Å². The molecule has 0 radical (unpaired) electrons. The van der Waals surface area contributed by atoms with Gasteiger partial charge in [0.1, 0.15) is 0 Å². The summed E-state index contributed by atoms with van der Waals surface area (Å²) in [6.45, 7) is 2.61. The highest BCUT2D eigenvalue weighted by Gasteiger charge is 2.31. The van der Waals surface area contributed by atoms with Crippen LogP contribution in [0.5, 0.6) is 0 Å². The summed E-state index contributed by atoms with van der Waals surface area (Å²) in [5.74, 6) is -1.00. The lowest BCUT2D eigenvalue weighted by Gasteiger charge is -2.40. The number of hydrogen-bond acceptors (Lipinski definition) is 4. The van der Waals surface area contributed by atoms with Gasteiger partial charge in [0, 0.05) is 13.8 Å². The summed E-state index contributed by atoms with van der Waals surface area (Å²) in [5.41, 5.74) is 0. The van der Waals surface area contributed by atoms with Crippen LogP contribution in [-0.4, -0.2) is 11.9 Å². The SMILES string of the molecule is CC(=O)OS(OC(C)=O)(c1ccccc1)c1ccccc1. The molecule has 0 amide bonds. The molecule has 0 spiro atoms. The highest BCUT2D eigenvalue weighted by Crippen LogP contribution is 2.64. The molecule has 2 aromatic rings. The summed E-state index contributed by atoms with van der Waals surface area (Å²) in [6, 6.07) is 18.1. The quantitative estimate of drug-likeness (QED) is 0.860. The van der Waals surface area contributed by atoms with Crippen LogP contribution >= 0.6 is 10.6 Å². The molecule has 0 saturated carbocycles. The topological polar surface area (TPSA) is 52.6 Å². The van der Waals surface area contributed by atoms with Crippen molar-refractivity contribution in [2.24, 2.45) is 0 Å². The smallest absolute Gasteiger partial charge is 0.327 e. The summed E-state index contributed by atoms with van der Waals surface area (Å²) >= 11 is 0. The number of benzene rings is 2. The second kappa shape index (κ2) is 6.45. The third kappa shape index (κ3) is 3.44. The maximum atomic E-state index is 11.6. The van der Waals surface area contributed by atoms with Crippen LogP contribution in [0.4, 0.5) is 0 Å². The van der Waals surface area contributed by atoms with Gasteiger partial charge in [0.15, 0.2) is 0 Å².